The Morgan fingerprint density at radius 2 is 2.15 bits per heavy atom. The molecule has 3 heteroatoms. The van der Waals surface area contributed by atoms with E-state index >= 15 is 0 Å². The van der Waals surface area contributed by atoms with E-state index in [0.29, 0.717) is 0 Å². The molecule has 0 aromatic rings. The molecule has 1 fully saturated rings. The van der Waals surface area contributed by atoms with Gasteiger partial charge in [-0.25, -0.2) is 0 Å². The molecule has 1 aliphatic heterocycles. The summed E-state index contributed by atoms with van der Waals surface area (Å²) in [5.41, 5.74) is -0.279. The van der Waals surface area contributed by atoms with E-state index in [-0.39, 0.29) is 17.5 Å². The highest BCUT2D eigenvalue weighted by atomic mass is 16.5. The van der Waals surface area contributed by atoms with Crippen LogP contribution in [0, 0.1) is 5.41 Å². The fraction of sp³-hybridized carbons (Fsp3) is 0.900. The highest BCUT2D eigenvalue weighted by Gasteiger charge is 2.40. The zero-order chi connectivity index (χ0) is 10.1. The minimum atomic E-state index is -0.279. The van der Waals surface area contributed by atoms with Crippen molar-refractivity contribution < 1.29 is 9.53 Å². The Morgan fingerprint density at radius 1 is 1.54 bits per heavy atom. The lowest BCUT2D eigenvalue weighted by Gasteiger charge is -2.22. The predicted molar refractivity (Wildman–Crippen MR) is 51.4 cm³/mol. The van der Waals surface area contributed by atoms with Gasteiger partial charge in [-0.05, 0) is 40.8 Å². The average molecular weight is 185 g/mol. The van der Waals surface area contributed by atoms with Crippen molar-refractivity contribution in [3.8, 4) is 0 Å². The summed E-state index contributed by atoms with van der Waals surface area (Å²) in [6, 6.07) is 0. The normalized spacial score (nSPS) is 29.6. The molecule has 0 radical (unpaired) electrons. The zero-order valence-electron chi connectivity index (χ0n) is 8.96. The summed E-state index contributed by atoms with van der Waals surface area (Å²) >= 11 is 0. The van der Waals surface area contributed by atoms with Crippen LogP contribution in [-0.2, 0) is 9.53 Å². The Balaban J connectivity index is 2.55. The van der Waals surface area contributed by atoms with Gasteiger partial charge in [-0.3, -0.25) is 4.79 Å². The number of carbonyl (C=O) groups excluding carboxylic acids is 1. The van der Waals surface area contributed by atoms with E-state index in [2.05, 4.69) is 4.90 Å². The number of hydrogen-bond donors (Lipinski definition) is 0. The maximum Gasteiger partial charge on any atom is 0.313 e. The monoisotopic (exact) mass is 185 g/mol. The summed E-state index contributed by atoms with van der Waals surface area (Å²) in [7, 11) is 2.04. The molecule has 1 unspecified atom stereocenters. The van der Waals surface area contributed by atoms with Crippen LogP contribution in [0.1, 0.15) is 27.2 Å². The van der Waals surface area contributed by atoms with Crippen molar-refractivity contribution in [2.24, 2.45) is 5.41 Å². The molecule has 0 bridgehead atoms. The molecule has 0 saturated carbocycles. The first-order valence-electron chi connectivity index (χ1n) is 4.84. The van der Waals surface area contributed by atoms with Gasteiger partial charge in [0.05, 0.1) is 11.5 Å². The van der Waals surface area contributed by atoms with Gasteiger partial charge in [0.1, 0.15) is 0 Å². The molecule has 0 aliphatic carbocycles. The summed E-state index contributed by atoms with van der Waals surface area (Å²) < 4.78 is 5.22. The molecule has 1 rings (SSSR count). The predicted octanol–water partition coefficient (Wildman–Crippen LogP) is 1.28. The Bertz CT molecular complexity index is 203. The van der Waals surface area contributed by atoms with Gasteiger partial charge in [0.25, 0.3) is 0 Å². The number of rotatable bonds is 2. The van der Waals surface area contributed by atoms with Crippen LogP contribution >= 0.6 is 0 Å². The molecule has 1 saturated heterocycles. The van der Waals surface area contributed by atoms with E-state index in [1.165, 1.54) is 0 Å². The molecule has 0 spiro atoms. The SMILES string of the molecule is CC(C)OC(=O)C1(C)CCN(C)C1. The molecule has 3 nitrogen and oxygen atoms in total. The summed E-state index contributed by atoms with van der Waals surface area (Å²) in [6.07, 6.45) is 0.907. The van der Waals surface area contributed by atoms with Gasteiger partial charge in [-0.1, -0.05) is 0 Å². The van der Waals surface area contributed by atoms with Crippen LogP contribution in [0.3, 0.4) is 0 Å². The van der Waals surface area contributed by atoms with Crippen LogP contribution in [0.25, 0.3) is 0 Å². The van der Waals surface area contributed by atoms with Gasteiger partial charge in [-0.15, -0.1) is 0 Å². The minimum Gasteiger partial charge on any atom is -0.463 e. The zero-order valence-corrected chi connectivity index (χ0v) is 8.96. The van der Waals surface area contributed by atoms with Crippen molar-refractivity contribution in [3.05, 3.63) is 0 Å². The number of hydrogen-bond acceptors (Lipinski definition) is 3. The van der Waals surface area contributed by atoms with Crippen molar-refractivity contribution in [1.29, 1.82) is 0 Å². The van der Waals surface area contributed by atoms with Crippen molar-refractivity contribution in [2.45, 2.75) is 33.3 Å². The van der Waals surface area contributed by atoms with Crippen LogP contribution < -0.4 is 0 Å². The molecule has 0 aromatic heterocycles. The molecule has 76 valence electrons. The third-order valence-electron chi connectivity index (χ3n) is 2.50. The van der Waals surface area contributed by atoms with Gasteiger partial charge in [-0.2, -0.15) is 0 Å². The summed E-state index contributed by atoms with van der Waals surface area (Å²) in [5, 5.41) is 0. The Morgan fingerprint density at radius 3 is 2.54 bits per heavy atom. The molecular formula is C10H19NO2. The van der Waals surface area contributed by atoms with Crippen LogP contribution in [0.4, 0.5) is 0 Å². The third kappa shape index (κ3) is 2.44. The quantitative estimate of drug-likeness (QED) is 0.607. The molecule has 1 heterocycles. The van der Waals surface area contributed by atoms with E-state index < -0.39 is 0 Å². The maximum atomic E-state index is 11.7. The van der Waals surface area contributed by atoms with Crippen molar-refractivity contribution in [2.75, 3.05) is 20.1 Å². The van der Waals surface area contributed by atoms with Crippen LogP contribution in [0.5, 0.6) is 0 Å². The smallest absolute Gasteiger partial charge is 0.313 e. The highest BCUT2D eigenvalue weighted by molar-refractivity contribution is 5.77. The fourth-order valence-electron chi connectivity index (χ4n) is 1.71. The van der Waals surface area contributed by atoms with E-state index in [0.717, 1.165) is 19.5 Å². The first-order valence-corrected chi connectivity index (χ1v) is 4.84. The number of likely N-dealkylation sites (tertiary alicyclic amines) is 1. The molecule has 0 N–H and O–H groups in total. The van der Waals surface area contributed by atoms with Crippen LogP contribution in [0.2, 0.25) is 0 Å². The molecule has 13 heavy (non-hydrogen) atoms. The number of nitrogens with zero attached hydrogens (tertiary/aromatic N) is 1. The second-order valence-corrected chi connectivity index (χ2v) is 4.50. The topological polar surface area (TPSA) is 29.5 Å². The third-order valence-corrected chi connectivity index (χ3v) is 2.50. The molecular weight excluding hydrogens is 166 g/mol. The van der Waals surface area contributed by atoms with Gasteiger partial charge in [0.15, 0.2) is 0 Å². The van der Waals surface area contributed by atoms with E-state index in [1.54, 1.807) is 0 Å². The average Bonchev–Trinajstić information content (AvgIpc) is 2.31. The fourth-order valence-corrected chi connectivity index (χ4v) is 1.71. The van der Waals surface area contributed by atoms with E-state index in [9.17, 15) is 4.79 Å². The van der Waals surface area contributed by atoms with Crippen molar-refractivity contribution >= 4 is 5.97 Å². The van der Waals surface area contributed by atoms with Crippen molar-refractivity contribution in [3.63, 3.8) is 0 Å². The Labute approximate surface area is 80.1 Å². The van der Waals surface area contributed by atoms with Gasteiger partial charge >= 0.3 is 5.97 Å². The lowest BCUT2D eigenvalue weighted by molar-refractivity contribution is -0.158. The van der Waals surface area contributed by atoms with Gasteiger partial charge < -0.3 is 9.64 Å². The van der Waals surface area contributed by atoms with E-state index in [4.69, 9.17) is 4.74 Å². The minimum absolute atomic E-state index is 0.00442. The summed E-state index contributed by atoms with van der Waals surface area (Å²) in [6.45, 7) is 7.57. The first-order chi connectivity index (χ1) is 5.94. The lowest BCUT2D eigenvalue weighted by Crippen LogP contribution is -2.33. The second-order valence-electron chi connectivity index (χ2n) is 4.50. The molecule has 1 atom stereocenters. The standard InChI is InChI=1S/C10H19NO2/c1-8(2)13-9(12)10(3)5-6-11(4)7-10/h8H,5-7H2,1-4H3. The Hall–Kier alpha value is -0.570. The number of esters is 1. The Kier molecular flexibility index (Phi) is 2.96. The number of carbonyl (C=O) groups is 1. The summed E-state index contributed by atoms with van der Waals surface area (Å²) in [4.78, 5) is 13.8. The van der Waals surface area contributed by atoms with Crippen LogP contribution in [-0.4, -0.2) is 37.1 Å². The van der Waals surface area contributed by atoms with Crippen LogP contribution in [0.15, 0.2) is 0 Å². The van der Waals surface area contributed by atoms with E-state index in [1.807, 2.05) is 27.8 Å². The number of ether oxygens (including phenoxy) is 1. The van der Waals surface area contributed by atoms with Gasteiger partial charge in [0, 0.05) is 6.54 Å². The summed E-state index contributed by atoms with van der Waals surface area (Å²) in [5.74, 6) is -0.0492. The van der Waals surface area contributed by atoms with Gasteiger partial charge in [0.2, 0.25) is 0 Å². The van der Waals surface area contributed by atoms with Crippen molar-refractivity contribution in [1.82, 2.24) is 4.90 Å². The molecule has 0 amide bonds. The molecule has 0 aromatic carbocycles. The second kappa shape index (κ2) is 3.66. The first kappa shape index (κ1) is 10.5. The lowest BCUT2D eigenvalue weighted by atomic mass is 9.90. The molecule has 1 aliphatic rings. The highest BCUT2D eigenvalue weighted by Crippen LogP contribution is 2.30. The largest absolute Gasteiger partial charge is 0.463 e. The maximum absolute atomic E-state index is 11.7.